The summed E-state index contributed by atoms with van der Waals surface area (Å²) in [6.45, 7) is 3.89. The first-order valence-corrected chi connectivity index (χ1v) is 7.03. The van der Waals surface area contributed by atoms with Crippen molar-refractivity contribution in [1.82, 2.24) is 4.68 Å². The van der Waals surface area contributed by atoms with Crippen molar-refractivity contribution in [2.45, 2.75) is 25.9 Å². The molecule has 1 aromatic rings. The Balaban J connectivity index is 1.58. The summed E-state index contributed by atoms with van der Waals surface area (Å²) in [6.07, 6.45) is 10.1. The van der Waals surface area contributed by atoms with E-state index in [1.54, 1.807) is 0 Å². The lowest BCUT2D eigenvalue weighted by Gasteiger charge is -2.25. The van der Waals surface area contributed by atoms with Crippen molar-refractivity contribution >= 4 is 0 Å². The fourth-order valence-electron chi connectivity index (χ4n) is 2.30. The van der Waals surface area contributed by atoms with Gasteiger partial charge in [-0.05, 0) is 36.8 Å². The van der Waals surface area contributed by atoms with Crippen LogP contribution >= 0.6 is 0 Å². The molecule has 0 saturated carbocycles. The van der Waals surface area contributed by atoms with E-state index in [0.29, 0.717) is 25.0 Å². The number of allylic oxidation sites excluding steroid dienone is 2. The quantitative estimate of drug-likeness (QED) is 0.741. The molecule has 4 heteroatoms. The normalized spacial score (nSPS) is 24.3. The Hall–Kier alpha value is -1.26. The molecule has 1 aromatic heterocycles. The minimum absolute atomic E-state index is 0.390. The summed E-state index contributed by atoms with van der Waals surface area (Å²) in [4.78, 5) is 0. The van der Waals surface area contributed by atoms with E-state index in [9.17, 15) is 5.11 Å². The van der Waals surface area contributed by atoms with Gasteiger partial charge in [-0.25, -0.2) is 0 Å². The molecule has 0 radical (unpaired) electrons. The molecule has 0 amide bonds. The molecular formula is C15H24N2O2. The summed E-state index contributed by atoms with van der Waals surface area (Å²) in [5.74, 6) is 1.27. The Kier molecular flexibility index (Phi) is 5.48. The van der Waals surface area contributed by atoms with Crippen molar-refractivity contribution in [3.63, 3.8) is 0 Å². The van der Waals surface area contributed by atoms with Crippen LogP contribution < -0.4 is 5.43 Å². The molecule has 0 saturated heterocycles. The third-order valence-corrected chi connectivity index (χ3v) is 3.67. The van der Waals surface area contributed by atoms with Crippen LogP contribution in [0.1, 0.15) is 19.8 Å². The van der Waals surface area contributed by atoms with Crippen LogP contribution in [0.4, 0.5) is 0 Å². The maximum Gasteiger partial charge on any atom is 0.0961 e. The van der Waals surface area contributed by atoms with E-state index in [0.717, 1.165) is 19.4 Å². The minimum Gasteiger partial charge on any atom is -0.389 e. The van der Waals surface area contributed by atoms with Crippen LogP contribution in [0.3, 0.4) is 0 Å². The van der Waals surface area contributed by atoms with E-state index >= 15 is 0 Å². The van der Waals surface area contributed by atoms with Crippen molar-refractivity contribution in [3.8, 4) is 0 Å². The average molecular weight is 264 g/mol. The molecule has 1 aliphatic rings. The van der Waals surface area contributed by atoms with Gasteiger partial charge in [0.1, 0.15) is 0 Å². The Labute approximate surface area is 115 Å². The lowest BCUT2D eigenvalue weighted by Crippen LogP contribution is -2.30. The van der Waals surface area contributed by atoms with Crippen molar-refractivity contribution in [2.75, 3.05) is 25.2 Å². The second kappa shape index (κ2) is 7.36. The lowest BCUT2D eigenvalue weighted by atomic mass is 9.85. The number of aliphatic hydroxyl groups excluding tert-OH is 1. The predicted molar refractivity (Wildman–Crippen MR) is 76.5 cm³/mol. The van der Waals surface area contributed by atoms with E-state index in [2.05, 4.69) is 24.5 Å². The Morgan fingerprint density at radius 1 is 1.32 bits per heavy atom. The van der Waals surface area contributed by atoms with Crippen LogP contribution in [0, 0.1) is 11.8 Å². The zero-order valence-electron chi connectivity index (χ0n) is 11.5. The summed E-state index contributed by atoms with van der Waals surface area (Å²) in [6, 6.07) is 3.88. The third kappa shape index (κ3) is 4.73. The standard InChI is InChI=1S/C15H24N2O2/c1-13-6-2-3-7-14(13)11-19-12-15(18)10-16-17-8-4-5-9-17/h2-5,8-9,13-16,18H,6-7,10-12H2,1H3. The topological polar surface area (TPSA) is 46.4 Å². The number of ether oxygens (including phenoxy) is 1. The molecule has 3 atom stereocenters. The SMILES string of the molecule is CC1CC=CCC1COCC(O)CNn1cccc1. The number of hydrogen-bond acceptors (Lipinski definition) is 3. The van der Waals surface area contributed by atoms with Crippen molar-refractivity contribution < 1.29 is 9.84 Å². The second-order valence-electron chi connectivity index (χ2n) is 5.32. The van der Waals surface area contributed by atoms with E-state index in [-0.39, 0.29) is 0 Å². The zero-order valence-corrected chi connectivity index (χ0v) is 11.5. The van der Waals surface area contributed by atoms with Crippen LogP contribution in [0.15, 0.2) is 36.7 Å². The molecule has 3 unspecified atom stereocenters. The molecule has 0 spiro atoms. The highest BCUT2D eigenvalue weighted by Crippen LogP contribution is 2.24. The largest absolute Gasteiger partial charge is 0.389 e. The summed E-state index contributed by atoms with van der Waals surface area (Å²) in [5.41, 5.74) is 3.10. The van der Waals surface area contributed by atoms with Gasteiger partial charge < -0.3 is 15.3 Å². The molecule has 2 rings (SSSR count). The van der Waals surface area contributed by atoms with Crippen molar-refractivity contribution in [1.29, 1.82) is 0 Å². The van der Waals surface area contributed by atoms with Crippen LogP contribution in [0.25, 0.3) is 0 Å². The molecule has 106 valence electrons. The second-order valence-corrected chi connectivity index (χ2v) is 5.32. The van der Waals surface area contributed by atoms with E-state index in [1.165, 1.54) is 0 Å². The minimum atomic E-state index is -0.475. The molecule has 2 N–H and O–H groups in total. The number of aliphatic hydroxyl groups is 1. The molecule has 0 fully saturated rings. The molecule has 0 bridgehead atoms. The molecule has 19 heavy (non-hydrogen) atoms. The van der Waals surface area contributed by atoms with Gasteiger partial charge in [-0.1, -0.05) is 19.1 Å². The number of hydrogen-bond donors (Lipinski definition) is 2. The highest BCUT2D eigenvalue weighted by atomic mass is 16.5. The third-order valence-electron chi connectivity index (χ3n) is 3.67. The van der Waals surface area contributed by atoms with Gasteiger partial charge in [0.25, 0.3) is 0 Å². The van der Waals surface area contributed by atoms with E-state index in [4.69, 9.17) is 4.74 Å². The van der Waals surface area contributed by atoms with Gasteiger partial charge in [0, 0.05) is 12.4 Å². The first-order chi connectivity index (χ1) is 9.25. The number of nitrogens with zero attached hydrogens (tertiary/aromatic N) is 1. The monoisotopic (exact) mass is 264 g/mol. The van der Waals surface area contributed by atoms with Gasteiger partial charge in [-0.15, -0.1) is 0 Å². The molecule has 1 aliphatic carbocycles. The Morgan fingerprint density at radius 3 is 2.79 bits per heavy atom. The Morgan fingerprint density at radius 2 is 2.05 bits per heavy atom. The maximum atomic E-state index is 9.83. The van der Waals surface area contributed by atoms with Gasteiger partial charge in [0.15, 0.2) is 0 Å². The highest BCUT2D eigenvalue weighted by molar-refractivity contribution is 4.94. The maximum absolute atomic E-state index is 9.83. The molecule has 0 aliphatic heterocycles. The first-order valence-electron chi connectivity index (χ1n) is 7.03. The lowest BCUT2D eigenvalue weighted by molar-refractivity contribution is 0.0167. The predicted octanol–water partition coefficient (Wildman–Crippen LogP) is 2.01. The van der Waals surface area contributed by atoms with Crippen LogP contribution in [0.2, 0.25) is 0 Å². The fourth-order valence-corrected chi connectivity index (χ4v) is 2.30. The molecular weight excluding hydrogens is 240 g/mol. The average Bonchev–Trinajstić information content (AvgIpc) is 2.92. The molecule has 1 heterocycles. The van der Waals surface area contributed by atoms with Gasteiger partial charge in [-0.2, -0.15) is 0 Å². The van der Waals surface area contributed by atoms with Gasteiger partial charge >= 0.3 is 0 Å². The smallest absolute Gasteiger partial charge is 0.0961 e. The summed E-state index contributed by atoms with van der Waals surface area (Å²) >= 11 is 0. The van der Waals surface area contributed by atoms with Gasteiger partial charge in [-0.3, -0.25) is 4.68 Å². The van der Waals surface area contributed by atoms with Gasteiger partial charge in [0.05, 0.1) is 25.9 Å². The Bertz CT molecular complexity index is 376. The molecule has 4 nitrogen and oxygen atoms in total. The zero-order chi connectivity index (χ0) is 13.5. The number of aromatic nitrogens is 1. The molecule has 0 aromatic carbocycles. The van der Waals surface area contributed by atoms with Crippen molar-refractivity contribution in [2.24, 2.45) is 11.8 Å². The highest BCUT2D eigenvalue weighted by Gasteiger charge is 2.18. The number of nitrogens with one attached hydrogen (secondary N) is 1. The van der Waals surface area contributed by atoms with Crippen LogP contribution in [-0.2, 0) is 4.74 Å². The van der Waals surface area contributed by atoms with E-state index in [1.807, 2.05) is 29.2 Å². The summed E-state index contributed by atoms with van der Waals surface area (Å²) < 4.78 is 7.47. The summed E-state index contributed by atoms with van der Waals surface area (Å²) in [5, 5.41) is 9.83. The fraction of sp³-hybridized carbons (Fsp3) is 0.600. The van der Waals surface area contributed by atoms with Crippen molar-refractivity contribution in [3.05, 3.63) is 36.7 Å². The number of rotatable bonds is 7. The first kappa shape index (κ1) is 14.2. The van der Waals surface area contributed by atoms with E-state index < -0.39 is 6.10 Å². The van der Waals surface area contributed by atoms with Gasteiger partial charge in [0.2, 0.25) is 0 Å². The van der Waals surface area contributed by atoms with Crippen LogP contribution in [-0.4, -0.2) is 35.6 Å². The van der Waals surface area contributed by atoms with Crippen LogP contribution in [0.5, 0.6) is 0 Å². The summed E-state index contributed by atoms with van der Waals surface area (Å²) in [7, 11) is 0.